The molecule has 1 heterocycles. The number of ether oxygens (including phenoxy) is 1. The van der Waals surface area contributed by atoms with Crippen molar-refractivity contribution < 1.29 is 9.13 Å². The Kier molecular flexibility index (Phi) is 4.69. The molecule has 0 aliphatic heterocycles. The topological polar surface area (TPSA) is 34.1 Å². The van der Waals surface area contributed by atoms with E-state index in [-0.39, 0.29) is 11.6 Å². The number of hydrogen-bond donors (Lipinski definition) is 1. The summed E-state index contributed by atoms with van der Waals surface area (Å²) in [5.41, 5.74) is 1.79. The second-order valence-electron chi connectivity index (χ2n) is 5.04. The molecule has 1 N–H and O–H groups in total. The van der Waals surface area contributed by atoms with Crippen LogP contribution in [0.15, 0.2) is 36.5 Å². The average Bonchev–Trinajstić information content (AvgIpc) is 2.41. The summed E-state index contributed by atoms with van der Waals surface area (Å²) in [4.78, 5) is 4.11. The van der Waals surface area contributed by atoms with Gasteiger partial charge in [-0.05, 0) is 36.8 Å². The summed E-state index contributed by atoms with van der Waals surface area (Å²) >= 11 is 0. The van der Waals surface area contributed by atoms with Crippen LogP contribution in [0, 0.1) is 12.7 Å². The van der Waals surface area contributed by atoms with Crippen LogP contribution in [0.5, 0.6) is 11.5 Å². The maximum absolute atomic E-state index is 14.0. The van der Waals surface area contributed by atoms with Gasteiger partial charge in [-0.15, -0.1) is 0 Å². The highest BCUT2D eigenvalue weighted by molar-refractivity contribution is 5.33. The zero-order chi connectivity index (χ0) is 14.5. The third kappa shape index (κ3) is 4.03. The van der Waals surface area contributed by atoms with Gasteiger partial charge in [0, 0.05) is 18.3 Å². The van der Waals surface area contributed by atoms with Crippen LogP contribution in [-0.4, -0.2) is 11.0 Å². The Hall–Kier alpha value is -1.94. The summed E-state index contributed by atoms with van der Waals surface area (Å²) in [6.07, 6.45) is 1.59. The molecule has 3 nitrogen and oxygen atoms in total. The fourth-order valence-corrected chi connectivity index (χ4v) is 1.70. The second kappa shape index (κ2) is 6.48. The summed E-state index contributed by atoms with van der Waals surface area (Å²) in [5, 5.41) is 3.25. The SMILES string of the molecule is Cc1ccc(Oc2ccc(CNC(C)C)cc2F)cn1. The van der Waals surface area contributed by atoms with Crippen molar-refractivity contribution in [2.75, 3.05) is 0 Å². The second-order valence-corrected chi connectivity index (χ2v) is 5.04. The molecule has 0 amide bonds. The van der Waals surface area contributed by atoms with Crippen LogP contribution in [0.1, 0.15) is 25.1 Å². The Labute approximate surface area is 118 Å². The monoisotopic (exact) mass is 274 g/mol. The van der Waals surface area contributed by atoms with Crippen molar-refractivity contribution in [3.63, 3.8) is 0 Å². The zero-order valence-corrected chi connectivity index (χ0v) is 12.0. The van der Waals surface area contributed by atoms with Crippen molar-refractivity contribution in [2.24, 2.45) is 0 Å². The molecule has 1 aromatic carbocycles. The molecule has 20 heavy (non-hydrogen) atoms. The van der Waals surface area contributed by atoms with Gasteiger partial charge in [-0.3, -0.25) is 4.98 Å². The minimum absolute atomic E-state index is 0.212. The van der Waals surface area contributed by atoms with Gasteiger partial charge in [0.05, 0.1) is 6.20 Å². The van der Waals surface area contributed by atoms with Gasteiger partial charge >= 0.3 is 0 Å². The Balaban J connectivity index is 2.07. The third-order valence-electron chi connectivity index (χ3n) is 2.82. The first-order valence-corrected chi connectivity index (χ1v) is 6.67. The standard InChI is InChI=1S/C16H19FN2O/c1-11(2)18-9-13-5-7-16(15(17)8-13)20-14-6-4-12(3)19-10-14/h4-8,10-11,18H,9H2,1-3H3. The predicted molar refractivity (Wildman–Crippen MR) is 77.4 cm³/mol. The van der Waals surface area contributed by atoms with Gasteiger partial charge in [0.25, 0.3) is 0 Å². The Morgan fingerprint density at radius 3 is 2.65 bits per heavy atom. The van der Waals surface area contributed by atoms with E-state index >= 15 is 0 Å². The highest BCUT2D eigenvalue weighted by atomic mass is 19.1. The maximum atomic E-state index is 14.0. The number of rotatable bonds is 5. The molecular formula is C16H19FN2O. The normalized spacial score (nSPS) is 10.8. The number of aromatic nitrogens is 1. The van der Waals surface area contributed by atoms with Crippen LogP contribution in [0.25, 0.3) is 0 Å². The lowest BCUT2D eigenvalue weighted by molar-refractivity contribution is 0.439. The first-order chi connectivity index (χ1) is 9.54. The minimum atomic E-state index is -0.367. The summed E-state index contributed by atoms with van der Waals surface area (Å²) in [6, 6.07) is 8.96. The summed E-state index contributed by atoms with van der Waals surface area (Å²) < 4.78 is 19.5. The van der Waals surface area contributed by atoms with E-state index in [1.54, 1.807) is 18.3 Å². The van der Waals surface area contributed by atoms with E-state index in [0.29, 0.717) is 18.3 Å². The molecule has 106 valence electrons. The number of halogens is 1. The van der Waals surface area contributed by atoms with Crippen LogP contribution in [0.4, 0.5) is 4.39 Å². The quantitative estimate of drug-likeness (QED) is 0.900. The van der Waals surface area contributed by atoms with E-state index in [2.05, 4.69) is 24.1 Å². The molecule has 0 saturated carbocycles. The summed E-state index contributed by atoms with van der Waals surface area (Å²) in [6.45, 7) is 6.64. The molecule has 0 spiro atoms. The van der Waals surface area contributed by atoms with Crippen LogP contribution in [0.3, 0.4) is 0 Å². The largest absolute Gasteiger partial charge is 0.453 e. The predicted octanol–water partition coefficient (Wildman–Crippen LogP) is 3.82. The van der Waals surface area contributed by atoms with E-state index in [1.165, 1.54) is 6.07 Å². The van der Waals surface area contributed by atoms with E-state index in [4.69, 9.17) is 4.74 Å². The number of nitrogens with zero attached hydrogens (tertiary/aromatic N) is 1. The molecule has 2 aromatic rings. The van der Waals surface area contributed by atoms with Gasteiger partial charge in [-0.2, -0.15) is 0 Å². The molecule has 2 rings (SSSR count). The van der Waals surface area contributed by atoms with Gasteiger partial charge in [0.1, 0.15) is 5.75 Å². The lowest BCUT2D eigenvalue weighted by Gasteiger charge is -2.10. The van der Waals surface area contributed by atoms with Gasteiger partial charge < -0.3 is 10.1 Å². The van der Waals surface area contributed by atoms with Gasteiger partial charge in [-0.1, -0.05) is 19.9 Å². The maximum Gasteiger partial charge on any atom is 0.166 e. The summed E-state index contributed by atoms with van der Waals surface area (Å²) in [7, 11) is 0. The molecule has 1 aromatic heterocycles. The van der Waals surface area contributed by atoms with E-state index in [9.17, 15) is 4.39 Å². The van der Waals surface area contributed by atoms with Gasteiger partial charge in [0.2, 0.25) is 0 Å². The van der Waals surface area contributed by atoms with E-state index < -0.39 is 0 Å². The minimum Gasteiger partial charge on any atom is -0.453 e. The smallest absolute Gasteiger partial charge is 0.166 e. The lowest BCUT2D eigenvalue weighted by atomic mass is 10.2. The van der Waals surface area contributed by atoms with Crippen LogP contribution < -0.4 is 10.1 Å². The molecular weight excluding hydrogens is 255 g/mol. The number of pyridine rings is 1. The molecule has 0 fully saturated rings. The average molecular weight is 274 g/mol. The number of benzene rings is 1. The first-order valence-electron chi connectivity index (χ1n) is 6.67. The Morgan fingerprint density at radius 2 is 2.05 bits per heavy atom. The molecule has 0 unspecified atom stereocenters. The third-order valence-corrected chi connectivity index (χ3v) is 2.82. The molecule has 0 aliphatic rings. The highest BCUT2D eigenvalue weighted by Gasteiger charge is 2.06. The van der Waals surface area contributed by atoms with Crippen molar-refractivity contribution in [3.05, 3.63) is 53.6 Å². The summed E-state index contributed by atoms with van der Waals surface area (Å²) in [5.74, 6) is 0.375. The van der Waals surface area contributed by atoms with Crippen molar-refractivity contribution >= 4 is 0 Å². The van der Waals surface area contributed by atoms with E-state index in [1.807, 2.05) is 19.1 Å². The van der Waals surface area contributed by atoms with Crippen molar-refractivity contribution in [3.8, 4) is 11.5 Å². The molecule has 0 saturated heterocycles. The van der Waals surface area contributed by atoms with Crippen LogP contribution in [-0.2, 0) is 6.54 Å². The van der Waals surface area contributed by atoms with Gasteiger partial charge in [-0.25, -0.2) is 4.39 Å². The van der Waals surface area contributed by atoms with Crippen molar-refractivity contribution in [1.82, 2.24) is 10.3 Å². The molecule has 0 radical (unpaired) electrons. The Morgan fingerprint density at radius 1 is 1.25 bits per heavy atom. The van der Waals surface area contributed by atoms with Crippen molar-refractivity contribution in [2.45, 2.75) is 33.4 Å². The molecule has 0 bridgehead atoms. The number of aryl methyl sites for hydroxylation is 1. The van der Waals surface area contributed by atoms with Crippen LogP contribution in [0.2, 0.25) is 0 Å². The number of nitrogens with one attached hydrogen (secondary N) is 1. The lowest BCUT2D eigenvalue weighted by Crippen LogP contribution is -2.21. The zero-order valence-electron chi connectivity index (χ0n) is 12.0. The molecule has 0 aliphatic carbocycles. The van der Waals surface area contributed by atoms with Crippen molar-refractivity contribution in [1.29, 1.82) is 0 Å². The van der Waals surface area contributed by atoms with Crippen LogP contribution >= 0.6 is 0 Å². The number of hydrogen-bond acceptors (Lipinski definition) is 3. The Bertz CT molecular complexity index is 567. The fraction of sp³-hybridized carbons (Fsp3) is 0.312. The first kappa shape index (κ1) is 14.5. The highest BCUT2D eigenvalue weighted by Crippen LogP contribution is 2.24. The van der Waals surface area contributed by atoms with E-state index in [0.717, 1.165) is 11.3 Å². The van der Waals surface area contributed by atoms with Gasteiger partial charge in [0.15, 0.2) is 11.6 Å². The fourth-order valence-electron chi connectivity index (χ4n) is 1.70. The molecule has 4 heteroatoms. The molecule has 0 atom stereocenters.